The van der Waals surface area contributed by atoms with Crippen molar-refractivity contribution in [2.45, 2.75) is 25.9 Å². The first-order valence-electron chi connectivity index (χ1n) is 10.4. The molecule has 1 aliphatic rings. The van der Waals surface area contributed by atoms with Gasteiger partial charge in [0.15, 0.2) is 11.5 Å². The summed E-state index contributed by atoms with van der Waals surface area (Å²) in [4.78, 5) is 16.9. The normalized spacial score (nSPS) is 13.6. The van der Waals surface area contributed by atoms with Crippen molar-refractivity contribution in [1.29, 1.82) is 0 Å². The van der Waals surface area contributed by atoms with E-state index in [1.165, 1.54) is 11.1 Å². The van der Waals surface area contributed by atoms with Gasteiger partial charge in [0.1, 0.15) is 6.61 Å². The van der Waals surface area contributed by atoms with Gasteiger partial charge in [0.05, 0.1) is 24.9 Å². The molecule has 0 saturated carbocycles. The quantitative estimate of drug-likeness (QED) is 0.388. The zero-order chi connectivity index (χ0) is 21.6. The summed E-state index contributed by atoms with van der Waals surface area (Å²) in [6.45, 7) is 3.99. The molecule has 0 unspecified atom stereocenters. The fourth-order valence-electron chi connectivity index (χ4n) is 3.84. The number of imidazole rings is 1. The summed E-state index contributed by atoms with van der Waals surface area (Å²) < 4.78 is 13.5. The third-order valence-corrected chi connectivity index (χ3v) is 5.61. The van der Waals surface area contributed by atoms with Gasteiger partial charge in [-0.2, -0.15) is 0 Å². The summed E-state index contributed by atoms with van der Waals surface area (Å²) in [6.07, 6.45) is 7.26. The van der Waals surface area contributed by atoms with E-state index in [4.69, 9.17) is 9.47 Å². The number of rotatable bonds is 9. The Balaban J connectivity index is 1.37. The number of nitrogens with zero attached hydrogens (tertiary/aromatic N) is 4. The fraction of sp³-hybridized carbons (Fsp3) is 0.348. The molecule has 1 aliphatic heterocycles. The molecule has 8 heteroatoms. The van der Waals surface area contributed by atoms with Gasteiger partial charge in [-0.05, 0) is 41.7 Å². The minimum atomic E-state index is -0.366. The molecule has 1 aromatic heterocycles. The zero-order valence-electron chi connectivity index (χ0n) is 17.6. The Morgan fingerprint density at radius 1 is 1.13 bits per heavy atom. The molecule has 8 nitrogen and oxygen atoms in total. The molecule has 0 aliphatic carbocycles. The molecule has 0 spiro atoms. The van der Waals surface area contributed by atoms with Crippen molar-refractivity contribution in [3.05, 3.63) is 81.9 Å². The Labute approximate surface area is 181 Å². The molecular formula is C23H26N4O4. The van der Waals surface area contributed by atoms with Crippen LogP contribution in [0.5, 0.6) is 11.5 Å². The highest BCUT2D eigenvalue weighted by Crippen LogP contribution is 2.33. The number of methoxy groups -OCH3 is 1. The highest BCUT2D eigenvalue weighted by atomic mass is 16.6. The van der Waals surface area contributed by atoms with Crippen molar-refractivity contribution in [1.82, 2.24) is 14.5 Å². The Morgan fingerprint density at radius 3 is 2.65 bits per heavy atom. The van der Waals surface area contributed by atoms with E-state index in [1.54, 1.807) is 31.8 Å². The number of nitro groups is 1. The number of benzene rings is 2. The number of ether oxygens (including phenoxy) is 2. The average Bonchev–Trinajstić information content (AvgIpc) is 3.31. The van der Waals surface area contributed by atoms with Gasteiger partial charge in [0, 0.05) is 44.2 Å². The fourth-order valence-corrected chi connectivity index (χ4v) is 3.84. The molecule has 0 amide bonds. The molecule has 4 rings (SSSR count). The SMILES string of the molecule is COc1cc2c(cc1OCCn1ccnc1)CN(CCc1ccc([N+](=O)[O-])cc1)CC2. The van der Waals surface area contributed by atoms with Crippen LogP contribution in [0.25, 0.3) is 0 Å². The largest absolute Gasteiger partial charge is 0.493 e. The van der Waals surface area contributed by atoms with Crippen LogP contribution in [0, 0.1) is 10.1 Å². The lowest BCUT2D eigenvalue weighted by Crippen LogP contribution is -2.32. The van der Waals surface area contributed by atoms with Crippen LogP contribution in [0.15, 0.2) is 55.1 Å². The summed E-state index contributed by atoms with van der Waals surface area (Å²) in [5, 5.41) is 10.8. The van der Waals surface area contributed by atoms with Gasteiger partial charge < -0.3 is 14.0 Å². The maximum atomic E-state index is 10.8. The van der Waals surface area contributed by atoms with E-state index in [0.717, 1.165) is 56.1 Å². The van der Waals surface area contributed by atoms with Gasteiger partial charge in [-0.15, -0.1) is 0 Å². The van der Waals surface area contributed by atoms with E-state index < -0.39 is 0 Å². The maximum absolute atomic E-state index is 10.8. The standard InChI is InChI=1S/C23H26N4O4/c1-30-22-14-19-7-10-25(9-6-18-2-4-21(5-3-18)27(28)29)16-20(19)15-23(22)31-13-12-26-11-8-24-17-26/h2-5,8,11,14-15,17H,6-7,9-10,12-13,16H2,1H3. The predicted molar refractivity (Wildman–Crippen MR) is 116 cm³/mol. The minimum Gasteiger partial charge on any atom is -0.493 e. The van der Waals surface area contributed by atoms with Gasteiger partial charge in [-0.3, -0.25) is 15.0 Å². The predicted octanol–water partition coefficient (Wildman–Crippen LogP) is 3.48. The average molecular weight is 422 g/mol. The summed E-state index contributed by atoms with van der Waals surface area (Å²) >= 11 is 0. The third kappa shape index (κ3) is 5.21. The molecule has 2 heterocycles. The van der Waals surface area contributed by atoms with Crippen LogP contribution in [0.1, 0.15) is 16.7 Å². The van der Waals surface area contributed by atoms with Crippen molar-refractivity contribution >= 4 is 5.69 Å². The van der Waals surface area contributed by atoms with Crippen molar-refractivity contribution in [2.75, 3.05) is 26.8 Å². The van der Waals surface area contributed by atoms with Crippen LogP contribution >= 0.6 is 0 Å². The van der Waals surface area contributed by atoms with Crippen LogP contribution in [-0.4, -0.2) is 46.2 Å². The van der Waals surface area contributed by atoms with Crippen molar-refractivity contribution in [3.8, 4) is 11.5 Å². The number of hydrogen-bond acceptors (Lipinski definition) is 6. The summed E-state index contributed by atoms with van der Waals surface area (Å²) in [7, 11) is 1.67. The molecule has 3 aromatic rings. The Morgan fingerprint density at radius 2 is 1.94 bits per heavy atom. The highest BCUT2D eigenvalue weighted by Gasteiger charge is 2.19. The van der Waals surface area contributed by atoms with Gasteiger partial charge in [-0.25, -0.2) is 4.98 Å². The minimum absolute atomic E-state index is 0.130. The molecule has 0 radical (unpaired) electrons. The van der Waals surface area contributed by atoms with Crippen molar-refractivity contribution in [3.63, 3.8) is 0 Å². The zero-order valence-corrected chi connectivity index (χ0v) is 17.6. The molecular weight excluding hydrogens is 396 g/mol. The van der Waals surface area contributed by atoms with E-state index in [-0.39, 0.29) is 10.6 Å². The lowest BCUT2D eigenvalue weighted by atomic mass is 9.98. The smallest absolute Gasteiger partial charge is 0.269 e. The number of fused-ring (bicyclic) bond motifs is 1. The van der Waals surface area contributed by atoms with Crippen LogP contribution in [0.3, 0.4) is 0 Å². The molecule has 0 N–H and O–H groups in total. The Hall–Kier alpha value is -3.39. The molecule has 0 saturated heterocycles. The second-order valence-electron chi connectivity index (χ2n) is 7.62. The second-order valence-corrected chi connectivity index (χ2v) is 7.62. The van der Waals surface area contributed by atoms with Gasteiger partial charge >= 0.3 is 0 Å². The van der Waals surface area contributed by atoms with E-state index in [0.29, 0.717) is 6.61 Å². The lowest BCUT2D eigenvalue weighted by Gasteiger charge is -2.29. The number of hydrogen-bond donors (Lipinski definition) is 0. The first-order valence-corrected chi connectivity index (χ1v) is 10.4. The first-order chi connectivity index (χ1) is 15.1. The maximum Gasteiger partial charge on any atom is 0.269 e. The van der Waals surface area contributed by atoms with Crippen molar-refractivity contribution in [2.24, 2.45) is 0 Å². The Kier molecular flexibility index (Phi) is 6.47. The topological polar surface area (TPSA) is 82.7 Å². The number of aromatic nitrogens is 2. The van der Waals surface area contributed by atoms with E-state index >= 15 is 0 Å². The van der Waals surface area contributed by atoms with Crippen LogP contribution < -0.4 is 9.47 Å². The van der Waals surface area contributed by atoms with Gasteiger partial charge in [0.2, 0.25) is 0 Å². The summed E-state index contributed by atoms with van der Waals surface area (Å²) in [5.74, 6) is 1.53. The molecule has 31 heavy (non-hydrogen) atoms. The third-order valence-electron chi connectivity index (χ3n) is 5.61. The molecule has 0 atom stereocenters. The van der Waals surface area contributed by atoms with Crippen molar-refractivity contribution < 1.29 is 14.4 Å². The summed E-state index contributed by atoms with van der Waals surface area (Å²) in [5.41, 5.74) is 3.79. The second kappa shape index (κ2) is 9.61. The molecule has 2 aromatic carbocycles. The summed E-state index contributed by atoms with van der Waals surface area (Å²) in [6, 6.07) is 11.0. The first kappa shape index (κ1) is 20.9. The van der Waals surface area contributed by atoms with Crippen LogP contribution in [0.2, 0.25) is 0 Å². The highest BCUT2D eigenvalue weighted by molar-refractivity contribution is 5.48. The van der Waals surface area contributed by atoms with E-state index in [2.05, 4.69) is 22.0 Å². The van der Waals surface area contributed by atoms with Crippen LogP contribution in [-0.2, 0) is 25.9 Å². The van der Waals surface area contributed by atoms with E-state index in [9.17, 15) is 10.1 Å². The van der Waals surface area contributed by atoms with Gasteiger partial charge in [0.25, 0.3) is 5.69 Å². The Bertz CT molecular complexity index is 1020. The number of non-ortho nitro benzene ring substituents is 1. The van der Waals surface area contributed by atoms with Crippen LogP contribution in [0.4, 0.5) is 5.69 Å². The lowest BCUT2D eigenvalue weighted by molar-refractivity contribution is -0.384. The number of nitro benzene ring substituents is 1. The molecule has 162 valence electrons. The monoisotopic (exact) mass is 422 g/mol. The van der Waals surface area contributed by atoms with E-state index in [1.807, 2.05) is 22.9 Å². The van der Waals surface area contributed by atoms with Gasteiger partial charge in [-0.1, -0.05) is 12.1 Å². The molecule has 0 bridgehead atoms. The molecule has 0 fully saturated rings.